The molecule has 0 spiro atoms. The van der Waals surface area contributed by atoms with Gasteiger partial charge >= 0.3 is 12.0 Å². The van der Waals surface area contributed by atoms with Crippen molar-refractivity contribution in [2.24, 2.45) is 0 Å². The molecule has 2 amide bonds. The molecule has 0 saturated heterocycles. The average Bonchev–Trinajstić information content (AvgIpc) is 2.28. The summed E-state index contributed by atoms with van der Waals surface area (Å²) in [5, 5.41) is 22.7. The fraction of sp³-hybridized carbons (Fsp3) is 0.308. The zero-order chi connectivity index (χ0) is 14.6. The minimum Gasteiger partial charge on any atom is -0.480 e. The standard InChI is InChI=1S/C13H15N3O3/c1-8-5-4-6-10(9(8)7-14)15-12(19)16-13(2,3)11(17)18/h4-6H,1-3H3,(H,17,18)(H2,15,16,19). The molecule has 1 aromatic carbocycles. The molecular weight excluding hydrogens is 246 g/mol. The van der Waals surface area contributed by atoms with Gasteiger partial charge in [-0.2, -0.15) is 5.26 Å². The van der Waals surface area contributed by atoms with Crippen LogP contribution >= 0.6 is 0 Å². The predicted octanol–water partition coefficient (Wildman–Crippen LogP) is 1.85. The molecule has 19 heavy (non-hydrogen) atoms. The lowest BCUT2D eigenvalue weighted by Gasteiger charge is -2.21. The summed E-state index contributed by atoms with van der Waals surface area (Å²) < 4.78 is 0. The zero-order valence-electron chi connectivity index (χ0n) is 10.9. The number of carboxylic acids is 1. The SMILES string of the molecule is Cc1cccc(NC(=O)NC(C)(C)C(=O)O)c1C#N. The third-order valence-electron chi connectivity index (χ3n) is 2.59. The van der Waals surface area contributed by atoms with Gasteiger partial charge in [0.15, 0.2) is 0 Å². The van der Waals surface area contributed by atoms with Gasteiger partial charge in [0.1, 0.15) is 11.6 Å². The van der Waals surface area contributed by atoms with Crippen molar-refractivity contribution in [2.45, 2.75) is 26.3 Å². The summed E-state index contributed by atoms with van der Waals surface area (Å²) >= 11 is 0. The van der Waals surface area contributed by atoms with Crippen LogP contribution in [0.15, 0.2) is 18.2 Å². The Morgan fingerprint density at radius 2 is 2.00 bits per heavy atom. The number of aliphatic carboxylic acids is 1. The smallest absolute Gasteiger partial charge is 0.328 e. The first-order valence-corrected chi connectivity index (χ1v) is 5.60. The summed E-state index contributed by atoms with van der Waals surface area (Å²) in [6.45, 7) is 4.50. The number of benzene rings is 1. The Labute approximate surface area is 111 Å². The number of hydrogen-bond donors (Lipinski definition) is 3. The maximum absolute atomic E-state index is 11.7. The van der Waals surface area contributed by atoms with Crippen molar-refractivity contribution in [1.29, 1.82) is 5.26 Å². The molecule has 0 aliphatic carbocycles. The fourth-order valence-electron chi connectivity index (χ4n) is 1.41. The van der Waals surface area contributed by atoms with E-state index in [0.29, 0.717) is 11.3 Å². The highest BCUT2D eigenvalue weighted by Gasteiger charge is 2.29. The van der Waals surface area contributed by atoms with Gasteiger partial charge in [-0.15, -0.1) is 0 Å². The lowest BCUT2D eigenvalue weighted by atomic mass is 10.1. The normalized spacial score (nSPS) is 10.4. The number of amides is 2. The number of anilines is 1. The number of nitrogens with zero attached hydrogens (tertiary/aromatic N) is 1. The summed E-state index contributed by atoms with van der Waals surface area (Å²) in [5.74, 6) is -1.15. The number of carbonyl (C=O) groups is 2. The number of rotatable bonds is 3. The molecule has 0 unspecified atom stereocenters. The third kappa shape index (κ3) is 3.45. The molecule has 0 radical (unpaired) electrons. The third-order valence-corrected chi connectivity index (χ3v) is 2.59. The van der Waals surface area contributed by atoms with Crippen LogP contribution in [0.1, 0.15) is 25.0 Å². The number of carboxylic acid groups (broad SMARTS) is 1. The Morgan fingerprint density at radius 1 is 1.37 bits per heavy atom. The Bertz CT molecular complexity index is 559. The summed E-state index contributed by atoms with van der Waals surface area (Å²) in [5.41, 5.74) is 0.0468. The molecule has 100 valence electrons. The van der Waals surface area contributed by atoms with Gasteiger partial charge in [-0.1, -0.05) is 12.1 Å². The highest BCUT2D eigenvalue weighted by molar-refractivity contribution is 5.94. The molecule has 1 rings (SSSR count). The second-order valence-corrected chi connectivity index (χ2v) is 4.62. The van der Waals surface area contributed by atoms with Crippen molar-refractivity contribution in [3.8, 4) is 6.07 Å². The first kappa shape index (κ1) is 14.5. The van der Waals surface area contributed by atoms with Crippen molar-refractivity contribution in [1.82, 2.24) is 5.32 Å². The van der Waals surface area contributed by atoms with Gasteiger partial charge in [-0.25, -0.2) is 9.59 Å². The maximum Gasteiger partial charge on any atom is 0.328 e. The van der Waals surface area contributed by atoms with E-state index < -0.39 is 17.5 Å². The Kier molecular flexibility index (Phi) is 4.12. The highest BCUT2D eigenvalue weighted by Crippen LogP contribution is 2.18. The predicted molar refractivity (Wildman–Crippen MR) is 69.8 cm³/mol. The van der Waals surface area contributed by atoms with Crippen LogP contribution in [0.25, 0.3) is 0 Å². The molecule has 0 atom stereocenters. The molecule has 0 bridgehead atoms. The quantitative estimate of drug-likeness (QED) is 0.772. The molecule has 3 N–H and O–H groups in total. The zero-order valence-corrected chi connectivity index (χ0v) is 10.9. The van der Waals surface area contributed by atoms with Crippen molar-refractivity contribution >= 4 is 17.7 Å². The first-order valence-electron chi connectivity index (χ1n) is 5.60. The average molecular weight is 261 g/mol. The fourth-order valence-corrected chi connectivity index (χ4v) is 1.41. The number of aryl methyl sites for hydroxylation is 1. The van der Waals surface area contributed by atoms with E-state index in [1.54, 1.807) is 25.1 Å². The Balaban J connectivity index is 2.88. The van der Waals surface area contributed by atoms with E-state index in [9.17, 15) is 9.59 Å². The summed E-state index contributed by atoms with van der Waals surface area (Å²) in [7, 11) is 0. The van der Waals surface area contributed by atoms with Crippen molar-refractivity contribution in [3.05, 3.63) is 29.3 Å². The van der Waals surface area contributed by atoms with Gasteiger partial charge in [0.2, 0.25) is 0 Å². The number of hydrogen-bond acceptors (Lipinski definition) is 3. The number of nitriles is 1. The second kappa shape index (κ2) is 5.40. The molecule has 6 nitrogen and oxygen atoms in total. The lowest BCUT2D eigenvalue weighted by molar-refractivity contribution is -0.142. The molecule has 0 fully saturated rings. The van der Waals surface area contributed by atoms with Crippen molar-refractivity contribution < 1.29 is 14.7 Å². The van der Waals surface area contributed by atoms with Crippen LogP contribution in [0.4, 0.5) is 10.5 Å². The Morgan fingerprint density at radius 3 is 2.53 bits per heavy atom. The van der Waals surface area contributed by atoms with E-state index in [4.69, 9.17) is 10.4 Å². The van der Waals surface area contributed by atoms with Crippen molar-refractivity contribution in [3.63, 3.8) is 0 Å². The molecule has 0 heterocycles. The molecule has 6 heteroatoms. The van der Waals surface area contributed by atoms with Crippen LogP contribution in [-0.2, 0) is 4.79 Å². The van der Waals surface area contributed by atoms with Gasteiger partial charge in [-0.05, 0) is 32.4 Å². The highest BCUT2D eigenvalue weighted by atomic mass is 16.4. The van der Waals surface area contributed by atoms with Crippen molar-refractivity contribution in [2.75, 3.05) is 5.32 Å². The lowest BCUT2D eigenvalue weighted by Crippen LogP contribution is -2.51. The van der Waals surface area contributed by atoms with Gasteiger partial charge in [0.05, 0.1) is 11.3 Å². The minimum atomic E-state index is -1.39. The van der Waals surface area contributed by atoms with E-state index in [0.717, 1.165) is 5.56 Å². The van der Waals surface area contributed by atoms with Gasteiger partial charge < -0.3 is 15.7 Å². The van der Waals surface area contributed by atoms with Crippen LogP contribution < -0.4 is 10.6 Å². The number of nitrogens with one attached hydrogen (secondary N) is 2. The monoisotopic (exact) mass is 261 g/mol. The van der Waals surface area contributed by atoms with Crippen LogP contribution in [0.3, 0.4) is 0 Å². The minimum absolute atomic E-state index is 0.348. The molecule has 0 aliphatic heterocycles. The molecule has 1 aromatic rings. The summed E-state index contributed by atoms with van der Waals surface area (Å²) in [4.78, 5) is 22.6. The molecular formula is C13H15N3O3. The number of urea groups is 1. The van der Waals surface area contributed by atoms with Crippen LogP contribution in [-0.4, -0.2) is 22.6 Å². The van der Waals surface area contributed by atoms with Crippen LogP contribution in [0.5, 0.6) is 0 Å². The van der Waals surface area contributed by atoms with E-state index in [-0.39, 0.29) is 0 Å². The van der Waals surface area contributed by atoms with E-state index >= 15 is 0 Å². The Hall–Kier alpha value is -2.55. The number of carbonyl (C=O) groups excluding carboxylic acids is 1. The van der Waals surface area contributed by atoms with E-state index in [1.165, 1.54) is 13.8 Å². The first-order chi connectivity index (χ1) is 8.77. The topological polar surface area (TPSA) is 102 Å². The largest absolute Gasteiger partial charge is 0.480 e. The molecule has 0 aliphatic rings. The second-order valence-electron chi connectivity index (χ2n) is 4.62. The maximum atomic E-state index is 11.7. The summed E-state index contributed by atoms with van der Waals surface area (Å²) in [6.07, 6.45) is 0. The van der Waals surface area contributed by atoms with E-state index in [2.05, 4.69) is 10.6 Å². The van der Waals surface area contributed by atoms with E-state index in [1.807, 2.05) is 6.07 Å². The molecule has 0 saturated carbocycles. The van der Waals surface area contributed by atoms with Gasteiger partial charge in [-0.3, -0.25) is 0 Å². The summed E-state index contributed by atoms with van der Waals surface area (Å²) in [6, 6.07) is 6.36. The van der Waals surface area contributed by atoms with Gasteiger partial charge in [0.25, 0.3) is 0 Å². The van der Waals surface area contributed by atoms with Crippen LogP contribution in [0, 0.1) is 18.3 Å². The molecule has 0 aromatic heterocycles. The van der Waals surface area contributed by atoms with Gasteiger partial charge in [0, 0.05) is 0 Å². The van der Waals surface area contributed by atoms with Crippen LogP contribution in [0.2, 0.25) is 0 Å².